The van der Waals surface area contributed by atoms with Crippen LogP contribution in [0.2, 0.25) is 0 Å². The SMILES string of the molecule is Cc1ccc(NC(=O)N(C)Cc2ccc3c(c2)OCO3)cc1. The van der Waals surface area contributed by atoms with Crippen molar-refractivity contribution >= 4 is 11.7 Å². The molecule has 0 aliphatic carbocycles. The van der Waals surface area contributed by atoms with E-state index in [0.29, 0.717) is 6.54 Å². The van der Waals surface area contributed by atoms with Gasteiger partial charge in [-0.05, 0) is 36.8 Å². The fourth-order valence-corrected chi connectivity index (χ4v) is 2.24. The minimum atomic E-state index is -0.151. The third kappa shape index (κ3) is 3.14. The Balaban J connectivity index is 1.62. The van der Waals surface area contributed by atoms with Crippen molar-refractivity contribution in [3.63, 3.8) is 0 Å². The first-order valence-electron chi connectivity index (χ1n) is 7.09. The van der Waals surface area contributed by atoms with Gasteiger partial charge in [-0.3, -0.25) is 0 Å². The highest BCUT2D eigenvalue weighted by Gasteiger charge is 2.15. The molecule has 1 aliphatic rings. The van der Waals surface area contributed by atoms with E-state index in [0.717, 1.165) is 28.3 Å². The van der Waals surface area contributed by atoms with Gasteiger partial charge < -0.3 is 19.7 Å². The first-order valence-corrected chi connectivity index (χ1v) is 7.09. The van der Waals surface area contributed by atoms with Gasteiger partial charge in [0.15, 0.2) is 11.5 Å². The van der Waals surface area contributed by atoms with Gasteiger partial charge in [0.05, 0.1) is 0 Å². The van der Waals surface area contributed by atoms with Crippen LogP contribution in [0.5, 0.6) is 11.5 Å². The van der Waals surface area contributed by atoms with Crippen molar-refractivity contribution in [1.82, 2.24) is 4.90 Å². The fraction of sp³-hybridized carbons (Fsp3) is 0.235. The normalized spacial score (nSPS) is 12.1. The zero-order chi connectivity index (χ0) is 15.5. The van der Waals surface area contributed by atoms with Gasteiger partial charge in [-0.25, -0.2) is 4.79 Å². The van der Waals surface area contributed by atoms with Crippen LogP contribution in [0.1, 0.15) is 11.1 Å². The maximum Gasteiger partial charge on any atom is 0.321 e. The molecule has 1 aliphatic heterocycles. The molecule has 0 spiro atoms. The molecule has 5 nitrogen and oxygen atoms in total. The molecule has 1 N–H and O–H groups in total. The van der Waals surface area contributed by atoms with E-state index in [9.17, 15) is 4.79 Å². The Hall–Kier alpha value is -2.69. The van der Waals surface area contributed by atoms with Crippen molar-refractivity contribution in [3.05, 3.63) is 53.6 Å². The Morgan fingerprint density at radius 2 is 1.86 bits per heavy atom. The van der Waals surface area contributed by atoms with Gasteiger partial charge in [-0.2, -0.15) is 0 Å². The predicted molar refractivity (Wildman–Crippen MR) is 84.2 cm³/mol. The van der Waals surface area contributed by atoms with Gasteiger partial charge in [0.25, 0.3) is 0 Å². The van der Waals surface area contributed by atoms with E-state index >= 15 is 0 Å². The van der Waals surface area contributed by atoms with E-state index in [2.05, 4.69) is 5.32 Å². The maximum absolute atomic E-state index is 12.2. The van der Waals surface area contributed by atoms with Crippen LogP contribution in [0.3, 0.4) is 0 Å². The molecule has 0 bridgehead atoms. The molecule has 2 aromatic carbocycles. The predicted octanol–water partition coefficient (Wildman–Crippen LogP) is 3.39. The van der Waals surface area contributed by atoms with Gasteiger partial charge in [0.2, 0.25) is 6.79 Å². The van der Waals surface area contributed by atoms with Crippen molar-refractivity contribution in [2.45, 2.75) is 13.5 Å². The fourth-order valence-electron chi connectivity index (χ4n) is 2.24. The molecule has 0 unspecified atom stereocenters. The highest BCUT2D eigenvalue weighted by atomic mass is 16.7. The first kappa shape index (κ1) is 14.3. The second kappa shape index (κ2) is 5.97. The molecule has 0 radical (unpaired) electrons. The number of nitrogens with zero attached hydrogens (tertiary/aromatic N) is 1. The van der Waals surface area contributed by atoms with Crippen LogP contribution in [0, 0.1) is 6.92 Å². The number of urea groups is 1. The lowest BCUT2D eigenvalue weighted by Gasteiger charge is -2.18. The van der Waals surface area contributed by atoms with Crippen molar-refractivity contribution in [3.8, 4) is 11.5 Å². The highest BCUT2D eigenvalue weighted by molar-refractivity contribution is 5.89. The van der Waals surface area contributed by atoms with Gasteiger partial charge in [-0.15, -0.1) is 0 Å². The lowest BCUT2D eigenvalue weighted by molar-refractivity contribution is 0.174. The topological polar surface area (TPSA) is 50.8 Å². The second-order valence-corrected chi connectivity index (χ2v) is 5.34. The molecular formula is C17H18N2O3. The smallest absolute Gasteiger partial charge is 0.321 e. The van der Waals surface area contributed by atoms with Gasteiger partial charge in [-0.1, -0.05) is 23.8 Å². The molecule has 3 rings (SSSR count). The summed E-state index contributed by atoms with van der Waals surface area (Å²) in [5.41, 5.74) is 2.94. The zero-order valence-electron chi connectivity index (χ0n) is 12.6. The second-order valence-electron chi connectivity index (χ2n) is 5.34. The zero-order valence-corrected chi connectivity index (χ0v) is 12.6. The molecule has 0 fully saturated rings. The molecule has 22 heavy (non-hydrogen) atoms. The molecular weight excluding hydrogens is 280 g/mol. The van der Waals surface area contributed by atoms with Crippen molar-refractivity contribution in [2.24, 2.45) is 0 Å². The van der Waals surface area contributed by atoms with Crippen molar-refractivity contribution in [1.29, 1.82) is 0 Å². The van der Waals surface area contributed by atoms with E-state index in [1.54, 1.807) is 11.9 Å². The van der Waals surface area contributed by atoms with Crippen LogP contribution in [-0.2, 0) is 6.54 Å². The van der Waals surface area contributed by atoms with E-state index in [-0.39, 0.29) is 12.8 Å². The summed E-state index contributed by atoms with van der Waals surface area (Å²) in [6.07, 6.45) is 0. The number of hydrogen-bond donors (Lipinski definition) is 1. The van der Waals surface area contributed by atoms with Crippen LogP contribution < -0.4 is 14.8 Å². The number of amides is 2. The number of nitrogens with one attached hydrogen (secondary N) is 1. The minimum absolute atomic E-state index is 0.151. The number of carbonyl (C=O) groups excluding carboxylic acids is 1. The Labute approximate surface area is 129 Å². The summed E-state index contributed by atoms with van der Waals surface area (Å²) in [6, 6.07) is 13.3. The monoisotopic (exact) mass is 298 g/mol. The minimum Gasteiger partial charge on any atom is -0.454 e. The van der Waals surface area contributed by atoms with Gasteiger partial charge >= 0.3 is 6.03 Å². The Morgan fingerprint density at radius 3 is 2.64 bits per heavy atom. The number of aryl methyl sites for hydroxylation is 1. The standard InChI is InChI=1S/C17H18N2O3/c1-12-3-6-14(7-4-12)18-17(20)19(2)10-13-5-8-15-16(9-13)22-11-21-15/h3-9H,10-11H2,1-2H3,(H,18,20). The van der Waals surface area contributed by atoms with E-state index in [1.165, 1.54) is 0 Å². The number of benzene rings is 2. The number of anilines is 1. The van der Waals surface area contributed by atoms with Crippen molar-refractivity contribution < 1.29 is 14.3 Å². The molecule has 2 aromatic rings. The summed E-state index contributed by atoms with van der Waals surface area (Å²) < 4.78 is 10.6. The third-order valence-electron chi connectivity index (χ3n) is 3.51. The van der Waals surface area contributed by atoms with E-state index in [1.807, 2.05) is 49.4 Å². The lowest BCUT2D eigenvalue weighted by atomic mass is 10.2. The summed E-state index contributed by atoms with van der Waals surface area (Å²) in [5, 5.41) is 2.87. The first-order chi connectivity index (χ1) is 10.6. The number of ether oxygens (including phenoxy) is 2. The van der Waals surface area contributed by atoms with Crippen LogP contribution in [0.15, 0.2) is 42.5 Å². The summed E-state index contributed by atoms with van der Waals surface area (Å²) >= 11 is 0. The van der Waals surface area contributed by atoms with E-state index in [4.69, 9.17) is 9.47 Å². The highest BCUT2D eigenvalue weighted by Crippen LogP contribution is 2.32. The molecule has 0 aromatic heterocycles. The Bertz CT molecular complexity index is 683. The molecule has 5 heteroatoms. The average molecular weight is 298 g/mol. The van der Waals surface area contributed by atoms with Gasteiger partial charge in [0, 0.05) is 19.3 Å². The molecule has 0 atom stereocenters. The number of hydrogen-bond acceptors (Lipinski definition) is 3. The Kier molecular flexibility index (Phi) is 3.87. The number of carbonyl (C=O) groups is 1. The van der Waals surface area contributed by atoms with E-state index < -0.39 is 0 Å². The Morgan fingerprint density at radius 1 is 1.14 bits per heavy atom. The lowest BCUT2D eigenvalue weighted by Crippen LogP contribution is -2.30. The molecule has 2 amide bonds. The quantitative estimate of drug-likeness (QED) is 0.945. The van der Waals surface area contributed by atoms with Crippen molar-refractivity contribution in [2.75, 3.05) is 19.2 Å². The molecule has 114 valence electrons. The largest absolute Gasteiger partial charge is 0.454 e. The molecule has 0 saturated heterocycles. The van der Waals surface area contributed by atoms with Crippen LogP contribution in [0.4, 0.5) is 10.5 Å². The van der Waals surface area contributed by atoms with Crippen LogP contribution >= 0.6 is 0 Å². The third-order valence-corrected chi connectivity index (χ3v) is 3.51. The number of rotatable bonds is 3. The summed E-state index contributed by atoms with van der Waals surface area (Å²) in [7, 11) is 1.76. The maximum atomic E-state index is 12.2. The summed E-state index contributed by atoms with van der Waals surface area (Å²) in [6.45, 7) is 2.76. The van der Waals surface area contributed by atoms with Gasteiger partial charge in [0.1, 0.15) is 0 Å². The van der Waals surface area contributed by atoms with Crippen LogP contribution in [0.25, 0.3) is 0 Å². The van der Waals surface area contributed by atoms with Crippen LogP contribution in [-0.4, -0.2) is 24.8 Å². The number of fused-ring (bicyclic) bond motifs is 1. The summed E-state index contributed by atoms with van der Waals surface area (Å²) in [4.78, 5) is 13.8. The average Bonchev–Trinajstić information content (AvgIpc) is 2.97. The molecule has 0 saturated carbocycles. The summed E-state index contributed by atoms with van der Waals surface area (Å²) in [5.74, 6) is 1.47. The molecule has 1 heterocycles.